The summed E-state index contributed by atoms with van der Waals surface area (Å²) in [4.78, 5) is 40.6. The van der Waals surface area contributed by atoms with Crippen molar-refractivity contribution in [3.8, 4) is 0 Å². The van der Waals surface area contributed by atoms with Crippen molar-refractivity contribution < 1.29 is 23.9 Å². The summed E-state index contributed by atoms with van der Waals surface area (Å²) >= 11 is 6.17. The van der Waals surface area contributed by atoms with Crippen LogP contribution >= 0.6 is 11.6 Å². The van der Waals surface area contributed by atoms with Crippen molar-refractivity contribution in [2.75, 3.05) is 19.1 Å². The molecule has 2 aromatic carbocycles. The molecule has 7 heteroatoms. The average molecular weight is 400 g/mol. The van der Waals surface area contributed by atoms with Crippen LogP contribution in [0.25, 0.3) is 0 Å². The van der Waals surface area contributed by atoms with Crippen molar-refractivity contribution in [1.82, 2.24) is 0 Å². The summed E-state index contributed by atoms with van der Waals surface area (Å²) in [5.74, 6) is -3.26. The van der Waals surface area contributed by atoms with Crippen LogP contribution in [0.2, 0.25) is 5.02 Å². The van der Waals surface area contributed by atoms with Gasteiger partial charge in [-0.3, -0.25) is 14.4 Å². The summed E-state index contributed by atoms with van der Waals surface area (Å²) in [6.45, 7) is 0. The molecule has 0 N–H and O–H groups in total. The number of nitrogens with zero attached hydrogens (tertiary/aromatic N) is 1. The third-order valence-electron chi connectivity index (χ3n) is 5.53. The third-order valence-corrected chi connectivity index (χ3v) is 5.77. The van der Waals surface area contributed by atoms with Gasteiger partial charge in [-0.25, -0.2) is 0 Å². The van der Waals surface area contributed by atoms with E-state index in [2.05, 4.69) is 0 Å². The smallest absolute Gasteiger partial charge is 0.312 e. The normalized spacial score (nSPS) is 25.2. The zero-order valence-electron chi connectivity index (χ0n) is 15.3. The maximum Gasteiger partial charge on any atom is 0.312 e. The van der Waals surface area contributed by atoms with E-state index in [-0.39, 0.29) is 5.78 Å². The monoisotopic (exact) mass is 399 g/mol. The molecule has 0 saturated carbocycles. The average Bonchev–Trinajstić information content (AvgIpc) is 3.02. The molecule has 1 fully saturated rings. The van der Waals surface area contributed by atoms with E-state index >= 15 is 0 Å². The molecule has 2 bridgehead atoms. The molecule has 0 amide bonds. The van der Waals surface area contributed by atoms with Crippen LogP contribution in [0, 0.1) is 11.8 Å². The maximum atomic E-state index is 13.4. The minimum Gasteiger partial charge on any atom is -0.469 e. The van der Waals surface area contributed by atoms with E-state index in [1.54, 1.807) is 47.4 Å². The SMILES string of the molecule is COC(=O)[C@H]1[C@H](C(=O)OC)[C@H]2c3ccccc3C(=O)[C@H]1N2c1cccc(Cl)c1. The molecule has 144 valence electrons. The van der Waals surface area contributed by atoms with Gasteiger partial charge in [0.05, 0.1) is 26.2 Å². The lowest BCUT2D eigenvalue weighted by Crippen LogP contribution is -2.46. The highest BCUT2D eigenvalue weighted by Crippen LogP contribution is 2.53. The van der Waals surface area contributed by atoms with E-state index in [0.717, 1.165) is 0 Å². The minimum absolute atomic E-state index is 0.228. The van der Waals surface area contributed by atoms with Gasteiger partial charge in [0.15, 0.2) is 5.78 Å². The number of ether oxygens (including phenoxy) is 2. The molecule has 0 unspecified atom stereocenters. The van der Waals surface area contributed by atoms with E-state index < -0.39 is 35.9 Å². The van der Waals surface area contributed by atoms with Crippen LogP contribution in [0.4, 0.5) is 5.69 Å². The predicted molar refractivity (Wildman–Crippen MR) is 102 cm³/mol. The summed E-state index contributed by atoms with van der Waals surface area (Å²) in [5.41, 5.74) is 1.85. The van der Waals surface area contributed by atoms with E-state index in [1.807, 2.05) is 6.07 Å². The van der Waals surface area contributed by atoms with Crippen molar-refractivity contribution >= 4 is 35.0 Å². The van der Waals surface area contributed by atoms with Gasteiger partial charge in [-0.2, -0.15) is 0 Å². The zero-order chi connectivity index (χ0) is 20.0. The van der Waals surface area contributed by atoms with Gasteiger partial charge >= 0.3 is 11.9 Å². The molecule has 2 aliphatic heterocycles. The van der Waals surface area contributed by atoms with Crippen LogP contribution in [0.1, 0.15) is 22.0 Å². The molecule has 1 saturated heterocycles. The molecule has 0 aliphatic carbocycles. The highest BCUT2D eigenvalue weighted by atomic mass is 35.5. The second-order valence-electron chi connectivity index (χ2n) is 6.83. The molecule has 4 atom stereocenters. The Morgan fingerprint density at radius 1 is 0.929 bits per heavy atom. The number of hydrogen-bond acceptors (Lipinski definition) is 6. The van der Waals surface area contributed by atoms with Crippen LogP contribution in [0.15, 0.2) is 48.5 Å². The quantitative estimate of drug-likeness (QED) is 0.739. The summed E-state index contributed by atoms with van der Waals surface area (Å²) in [6.07, 6.45) is 0. The van der Waals surface area contributed by atoms with Gasteiger partial charge in [-0.15, -0.1) is 0 Å². The molecule has 6 nitrogen and oxygen atoms in total. The van der Waals surface area contributed by atoms with Crippen molar-refractivity contribution in [1.29, 1.82) is 0 Å². The van der Waals surface area contributed by atoms with Crippen LogP contribution in [0.3, 0.4) is 0 Å². The lowest BCUT2D eigenvalue weighted by atomic mass is 9.86. The van der Waals surface area contributed by atoms with Crippen molar-refractivity contribution in [3.63, 3.8) is 0 Å². The van der Waals surface area contributed by atoms with Gasteiger partial charge in [0, 0.05) is 16.3 Å². The highest BCUT2D eigenvalue weighted by molar-refractivity contribution is 6.30. The Morgan fingerprint density at radius 2 is 1.57 bits per heavy atom. The fourth-order valence-electron chi connectivity index (χ4n) is 4.46. The molecular weight excluding hydrogens is 382 g/mol. The molecule has 0 radical (unpaired) electrons. The predicted octanol–water partition coefficient (Wildman–Crippen LogP) is 3.04. The maximum absolute atomic E-state index is 13.4. The second kappa shape index (κ2) is 6.95. The van der Waals surface area contributed by atoms with Crippen LogP contribution in [-0.4, -0.2) is 38.0 Å². The molecule has 0 aromatic heterocycles. The Kier molecular flexibility index (Phi) is 4.59. The second-order valence-corrected chi connectivity index (χ2v) is 7.26. The largest absolute Gasteiger partial charge is 0.469 e. The fraction of sp³-hybridized carbons (Fsp3) is 0.286. The number of halogens is 1. The topological polar surface area (TPSA) is 72.9 Å². The Morgan fingerprint density at radius 3 is 2.21 bits per heavy atom. The third kappa shape index (κ3) is 2.59. The standard InChI is InChI=1S/C21H18ClNO5/c1-27-20(25)15-16(21(26)28-2)18-19(24)14-9-4-3-8-13(14)17(15)23(18)12-7-5-6-11(22)10-12/h3-10,15-18H,1-2H3/t15-,16-,17+,18-/m0/s1. The number of esters is 2. The number of carbonyl (C=O) groups excluding carboxylic acids is 3. The van der Waals surface area contributed by atoms with Crippen molar-refractivity contribution in [2.45, 2.75) is 12.1 Å². The number of rotatable bonds is 3. The van der Waals surface area contributed by atoms with E-state index in [4.69, 9.17) is 21.1 Å². The van der Waals surface area contributed by atoms with Crippen molar-refractivity contribution in [2.24, 2.45) is 11.8 Å². The number of hydrogen-bond donors (Lipinski definition) is 0. The lowest BCUT2D eigenvalue weighted by Gasteiger charge is -2.38. The first kappa shape index (κ1) is 18.5. The van der Waals surface area contributed by atoms with E-state index in [0.29, 0.717) is 21.8 Å². The Bertz CT molecular complexity index is 975. The highest BCUT2D eigenvalue weighted by Gasteiger charge is 2.62. The van der Waals surface area contributed by atoms with Crippen molar-refractivity contribution in [3.05, 3.63) is 64.7 Å². The first-order valence-corrected chi connectivity index (χ1v) is 9.20. The number of benzene rings is 2. The van der Waals surface area contributed by atoms with Crippen LogP contribution < -0.4 is 4.90 Å². The van der Waals surface area contributed by atoms with E-state index in [9.17, 15) is 14.4 Å². The number of anilines is 1. The number of fused-ring (bicyclic) bond motifs is 4. The van der Waals surface area contributed by atoms with Gasteiger partial charge in [0.2, 0.25) is 0 Å². The summed E-state index contributed by atoms with van der Waals surface area (Å²) in [6, 6.07) is 12.7. The first-order valence-electron chi connectivity index (χ1n) is 8.82. The van der Waals surface area contributed by atoms with Gasteiger partial charge in [0.1, 0.15) is 12.0 Å². The number of ketones is 1. The molecule has 2 heterocycles. The van der Waals surface area contributed by atoms with Crippen LogP contribution in [0.5, 0.6) is 0 Å². The Labute approximate surface area is 167 Å². The Hall–Kier alpha value is -2.86. The fourth-order valence-corrected chi connectivity index (χ4v) is 4.65. The molecule has 2 aromatic rings. The van der Waals surface area contributed by atoms with Gasteiger partial charge < -0.3 is 14.4 Å². The Balaban J connectivity index is 1.99. The molecule has 4 rings (SSSR count). The first-order chi connectivity index (χ1) is 13.5. The van der Waals surface area contributed by atoms with Gasteiger partial charge in [-0.05, 0) is 23.8 Å². The lowest BCUT2D eigenvalue weighted by molar-refractivity contribution is -0.156. The number of carbonyl (C=O) groups is 3. The van der Waals surface area contributed by atoms with E-state index in [1.165, 1.54) is 14.2 Å². The number of Topliss-reactive ketones (excluding diaryl/α,β-unsaturated/α-hetero) is 1. The van der Waals surface area contributed by atoms with Gasteiger partial charge in [0.25, 0.3) is 0 Å². The molecule has 28 heavy (non-hydrogen) atoms. The molecule has 0 spiro atoms. The number of methoxy groups -OCH3 is 2. The van der Waals surface area contributed by atoms with Crippen LogP contribution in [-0.2, 0) is 19.1 Å². The molecule has 2 aliphatic rings. The zero-order valence-corrected chi connectivity index (χ0v) is 16.1. The minimum atomic E-state index is -0.985. The van der Waals surface area contributed by atoms with Gasteiger partial charge in [-0.1, -0.05) is 41.9 Å². The summed E-state index contributed by atoms with van der Waals surface area (Å²) in [7, 11) is 2.52. The summed E-state index contributed by atoms with van der Waals surface area (Å²) in [5, 5.41) is 0.493. The summed E-state index contributed by atoms with van der Waals surface area (Å²) < 4.78 is 9.99. The molecular formula is C21H18ClNO5.